The van der Waals surface area contributed by atoms with Crippen molar-refractivity contribution < 1.29 is 32.6 Å². The van der Waals surface area contributed by atoms with Crippen LogP contribution < -0.4 is 10.1 Å². The summed E-state index contributed by atoms with van der Waals surface area (Å²) in [7, 11) is 1.13. The van der Waals surface area contributed by atoms with Gasteiger partial charge in [0.15, 0.2) is 17.6 Å². The molecule has 0 saturated carbocycles. The lowest BCUT2D eigenvalue weighted by Crippen LogP contribution is -2.47. The van der Waals surface area contributed by atoms with Gasteiger partial charge in [-0.2, -0.15) is 0 Å². The molecule has 0 aliphatic heterocycles. The third-order valence-corrected chi connectivity index (χ3v) is 2.48. The van der Waals surface area contributed by atoms with Gasteiger partial charge in [0.2, 0.25) is 0 Å². The van der Waals surface area contributed by atoms with Gasteiger partial charge in [-0.1, -0.05) is 0 Å². The van der Waals surface area contributed by atoms with Crippen LogP contribution in [0.1, 0.15) is 20.8 Å². The highest BCUT2D eigenvalue weighted by Crippen LogP contribution is 2.18. The molecule has 1 amide bonds. The molecule has 1 aromatic carbocycles. The van der Waals surface area contributed by atoms with Crippen molar-refractivity contribution in [1.82, 2.24) is 5.32 Å². The predicted molar refractivity (Wildman–Crippen MR) is 77.0 cm³/mol. The van der Waals surface area contributed by atoms with Gasteiger partial charge in [0.25, 0.3) is 0 Å². The SMILES string of the molecule is COC(=O)[C@@H](COc1ccc(F)cc1F)NC(=O)OC(C)(C)C. The molecular formula is C15H19F2NO5. The summed E-state index contributed by atoms with van der Waals surface area (Å²) in [4.78, 5) is 23.3. The lowest BCUT2D eigenvalue weighted by Gasteiger charge is -2.22. The maximum Gasteiger partial charge on any atom is 0.408 e. The smallest absolute Gasteiger partial charge is 0.408 e. The molecule has 6 nitrogen and oxygen atoms in total. The van der Waals surface area contributed by atoms with Gasteiger partial charge in [-0.25, -0.2) is 18.4 Å². The number of rotatable bonds is 5. The zero-order valence-electron chi connectivity index (χ0n) is 13.3. The van der Waals surface area contributed by atoms with E-state index in [1.54, 1.807) is 20.8 Å². The Bertz CT molecular complexity index is 571. The molecule has 128 valence electrons. The van der Waals surface area contributed by atoms with Crippen molar-refractivity contribution in [3.05, 3.63) is 29.8 Å². The number of carbonyl (C=O) groups is 2. The Hall–Kier alpha value is -2.38. The molecule has 0 bridgehead atoms. The van der Waals surface area contributed by atoms with Crippen LogP contribution in [0.15, 0.2) is 18.2 Å². The summed E-state index contributed by atoms with van der Waals surface area (Å²) in [6, 6.07) is 1.52. The van der Waals surface area contributed by atoms with E-state index in [9.17, 15) is 18.4 Å². The number of hydrogen-bond acceptors (Lipinski definition) is 5. The number of methoxy groups -OCH3 is 1. The van der Waals surface area contributed by atoms with E-state index >= 15 is 0 Å². The zero-order chi connectivity index (χ0) is 17.6. The predicted octanol–water partition coefficient (Wildman–Crippen LogP) is 2.41. The molecule has 1 atom stereocenters. The second-order valence-corrected chi connectivity index (χ2v) is 5.61. The molecule has 0 fully saturated rings. The summed E-state index contributed by atoms with van der Waals surface area (Å²) in [5.74, 6) is -2.73. The fourth-order valence-corrected chi connectivity index (χ4v) is 1.53. The van der Waals surface area contributed by atoms with Crippen LogP contribution in [0, 0.1) is 11.6 Å². The quantitative estimate of drug-likeness (QED) is 0.839. The van der Waals surface area contributed by atoms with Crippen LogP contribution in [-0.2, 0) is 14.3 Å². The fraction of sp³-hybridized carbons (Fsp3) is 0.467. The summed E-state index contributed by atoms with van der Waals surface area (Å²) in [5.41, 5.74) is -0.755. The number of ether oxygens (including phenoxy) is 3. The Labute approximate surface area is 132 Å². The summed E-state index contributed by atoms with van der Waals surface area (Å²) in [6.45, 7) is 4.56. The van der Waals surface area contributed by atoms with E-state index in [1.807, 2.05) is 0 Å². The van der Waals surface area contributed by atoms with Crippen LogP contribution in [0.25, 0.3) is 0 Å². The van der Waals surface area contributed by atoms with Gasteiger partial charge in [0.05, 0.1) is 7.11 Å². The molecule has 0 heterocycles. The Morgan fingerprint density at radius 3 is 2.43 bits per heavy atom. The Morgan fingerprint density at radius 1 is 1.26 bits per heavy atom. The molecule has 0 spiro atoms. The highest BCUT2D eigenvalue weighted by molar-refractivity contribution is 5.81. The molecule has 1 aromatic rings. The van der Waals surface area contributed by atoms with Crippen LogP contribution in [0.3, 0.4) is 0 Å². The average molecular weight is 331 g/mol. The van der Waals surface area contributed by atoms with Gasteiger partial charge >= 0.3 is 12.1 Å². The summed E-state index contributed by atoms with van der Waals surface area (Å²) in [6.07, 6.45) is -0.851. The summed E-state index contributed by atoms with van der Waals surface area (Å²) < 4.78 is 40.9. The molecular weight excluding hydrogens is 312 g/mol. The Balaban J connectivity index is 2.71. The maximum atomic E-state index is 13.5. The summed E-state index contributed by atoms with van der Waals surface area (Å²) in [5, 5.41) is 2.27. The van der Waals surface area contributed by atoms with Crippen LogP contribution >= 0.6 is 0 Å². The fourth-order valence-electron chi connectivity index (χ4n) is 1.53. The number of nitrogens with one attached hydrogen (secondary N) is 1. The largest absolute Gasteiger partial charge is 0.488 e. The van der Waals surface area contributed by atoms with E-state index in [-0.39, 0.29) is 5.75 Å². The second-order valence-electron chi connectivity index (χ2n) is 5.61. The van der Waals surface area contributed by atoms with E-state index in [4.69, 9.17) is 9.47 Å². The first-order valence-electron chi connectivity index (χ1n) is 6.77. The van der Waals surface area contributed by atoms with E-state index in [0.29, 0.717) is 6.07 Å². The zero-order valence-corrected chi connectivity index (χ0v) is 13.3. The molecule has 0 aliphatic rings. The Morgan fingerprint density at radius 2 is 1.91 bits per heavy atom. The third-order valence-electron chi connectivity index (χ3n) is 2.48. The third kappa shape index (κ3) is 6.50. The Kier molecular flexibility index (Phi) is 6.29. The van der Waals surface area contributed by atoms with Crippen LogP contribution in [0.5, 0.6) is 5.75 Å². The first-order chi connectivity index (χ1) is 10.6. The minimum absolute atomic E-state index is 0.258. The lowest BCUT2D eigenvalue weighted by atomic mass is 10.2. The molecule has 0 aliphatic carbocycles. The minimum atomic E-state index is -1.21. The minimum Gasteiger partial charge on any atom is -0.488 e. The van der Waals surface area contributed by atoms with Gasteiger partial charge in [-0.15, -0.1) is 0 Å². The number of benzene rings is 1. The standard InChI is InChI=1S/C15H19F2NO5/c1-15(2,3)23-14(20)18-11(13(19)21-4)8-22-12-6-5-9(16)7-10(12)17/h5-7,11H,8H2,1-4H3,(H,18,20)/t11-/m1/s1. The maximum absolute atomic E-state index is 13.5. The lowest BCUT2D eigenvalue weighted by molar-refractivity contribution is -0.143. The van der Waals surface area contributed by atoms with E-state index in [0.717, 1.165) is 19.2 Å². The average Bonchev–Trinajstić information content (AvgIpc) is 2.42. The van der Waals surface area contributed by atoms with Crippen molar-refractivity contribution in [2.24, 2.45) is 0 Å². The first-order valence-corrected chi connectivity index (χ1v) is 6.77. The van der Waals surface area contributed by atoms with Crippen molar-refractivity contribution in [3.8, 4) is 5.75 Å². The number of hydrogen-bond donors (Lipinski definition) is 1. The van der Waals surface area contributed by atoms with Crippen LogP contribution in [0.2, 0.25) is 0 Å². The van der Waals surface area contributed by atoms with Crippen LogP contribution in [0.4, 0.5) is 13.6 Å². The number of alkyl carbamates (subject to hydrolysis) is 1. The summed E-state index contributed by atoms with van der Waals surface area (Å²) >= 11 is 0. The second kappa shape index (κ2) is 7.75. The highest BCUT2D eigenvalue weighted by Gasteiger charge is 2.26. The van der Waals surface area contributed by atoms with Crippen LogP contribution in [-0.4, -0.2) is 37.4 Å². The number of carbonyl (C=O) groups excluding carboxylic acids is 2. The van der Waals surface area contributed by atoms with Gasteiger partial charge in [0.1, 0.15) is 18.0 Å². The molecule has 8 heteroatoms. The van der Waals surface area contributed by atoms with Gasteiger partial charge in [-0.05, 0) is 32.9 Å². The van der Waals surface area contributed by atoms with Crippen molar-refractivity contribution in [2.75, 3.05) is 13.7 Å². The number of esters is 1. The number of amides is 1. The monoisotopic (exact) mass is 331 g/mol. The van der Waals surface area contributed by atoms with Crippen molar-refractivity contribution in [3.63, 3.8) is 0 Å². The first kappa shape index (κ1) is 18.7. The van der Waals surface area contributed by atoms with E-state index in [2.05, 4.69) is 10.1 Å². The highest BCUT2D eigenvalue weighted by atomic mass is 19.1. The molecule has 0 radical (unpaired) electrons. The number of halogens is 2. The van der Waals surface area contributed by atoms with Gasteiger partial charge in [0, 0.05) is 6.07 Å². The molecule has 23 heavy (non-hydrogen) atoms. The topological polar surface area (TPSA) is 73.9 Å². The molecule has 0 unspecified atom stereocenters. The molecule has 0 saturated heterocycles. The molecule has 0 aromatic heterocycles. The normalized spacial score (nSPS) is 12.3. The van der Waals surface area contributed by atoms with Crippen molar-refractivity contribution in [2.45, 2.75) is 32.4 Å². The molecule has 1 N–H and O–H groups in total. The van der Waals surface area contributed by atoms with Crippen molar-refractivity contribution in [1.29, 1.82) is 0 Å². The van der Waals surface area contributed by atoms with Crippen molar-refractivity contribution >= 4 is 12.1 Å². The van der Waals surface area contributed by atoms with Gasteiger partial charge < -0.3 is 19.5 Å². The van der Waals surface area contributed by atoms with E-state index < -0.39 is 41.9 Å². The molecule has 1 rings (SSSR count). The van der Waals surface area contributed by atoms with E-state index in [1.165, 1.54) is 0 Å². The van der Waals surface area contributed by atoms with Gasteiger partial charge in [-0.3, -0.25) is 0 Å².